The first-order chi connectivity index (χ1) is 8.34. The molecule has 0 atom stereocenters. The van der Waals surface area contributed by atoms with Gasteiger partial charge in [-0.1, -0.05) is 12.1 Å². The Morgan fingerprint density at radius 1 is 1.41 bits per heavy atom. The Morgan fingerprint density at radius 2 is 2.29 bits per heavy atom. The summed E-state index contributed by atoms with van der Waals surface area (Å²) in [5.74, 6) is 0.843. The molecule has 1 aliphatic carbocycles. The lowest BCUT2D eigenvalue weighted by molar-refractivity contribution is 0.0950. The monoisotopic (exact) mass is 230 g/mol. The molecule has 1 fully saturated rings. The molecule has 3 heteroatoms. The topological polar surface area (TPSA) is 41.1 Å². The van der Waals surface area contributed by atoms with Crippen LogP contribution in [0, 0.1) is 5.92 Å². The number of amides is 1. The zero-order chi connectivity index (χ0) is 11.7. The van der Waals surface area contributed by atoms with Crippen LogP contribution >= 0.6 is 0 Å². The lowest BCUT2D eigenvalue weighted by Gasteiger charge is -2.19. The van der Waals surface area contributed by atoms with Crippen molar-refractivity contribution >= 4 is 5.91 Å². The van der Waals surface area contributed by atoms with E-state index in [4.69, 9.17) is 0 Å². The van der Waals surface area contributed by atoms with Crippen molar-refractivity contribution in [1.29, 1.82) is 0 Å². The Labute approximate surface area is 102 Å². The molecule has 3 rings (SSSR count). The van der Waals surface area contributed by atoms with Gasteiger partial charge >= 0.3 is 0 Å². The highest BCUT2D eigenvalue weighted by molar-refractivity contribution is 5.96. The maximum atomic E-state index is 12.1. The molecule has 0 radical (unpaired) electrons. The Balaban J connectivity index is 1.78. The predicted octanol–water partition coefficient (Wildman–Crippen LogP) is 1.47. The minimum absolute atomic E-state index is 0.107. The average molecular weight is 230 g/mol. The molecular formula is C14H18N2O. The summed E-state index contributed by atoms with van der Waals surface area (Å²) in [5.41, 5.74) is 3.39. The van der Waals surface area contributed by atoms with Gasteiger partial charge in [-0.05, 0) is 48.9 Å². The van der Waals surface area contributed by atoms with Crippen molar-refractivity contribution in [1.82, 2.24) is 10.6 Å². The normalized spacial score (nSPS) is 18.6. The molecule has 2 aliphatic rings. The summed E-state index contributed by atoms with van der Waals surface area (Å²) in [4.78, 5) is 12.1. The number of hydrogen-bond donors (Lipinski definition) is 2. The molecule has 2 N–H and O–H groups in total. The van der Waals surface area contributed by atoms with E-state index in [-0.39, 0.29) is 5.91 Å². The number of carbonyl (C=O) groups is 1. The van der Waals surface area contributed by atoms with Gasteiger partial charge in [0.1, 0.15) is 0 Å². The molecule has 0 spiro atoms. The summed E-state index contributed by atoms with van der Waals surface area (Å²) in [6, 6.07) is 6.05. The van der Waals surface area contributed by atoms with E-state index in [9.17, 15) is 4.79 Å². The third-order valence-corrected chi connectivity index (χ3v) is 3.63. The summed E-state index contributed by atoms with van der Waals surface area (Å²) < 4.78 is 0. The molecule has 0 aromatic heterocycles. The number of benzene rings is 1. The number of nitrogens with one attached hydrogen (secondary N) is 2. The Kier molecular flexibility index (Phi) is 2.85. The second-order valence-corrected chi connectivity index (χ2v) is 5.02. The number of rotatable bonds is 3. The van der Waals surface area contributed by atoms with Gasteiger partial charge in [0.05, 0.1) is 0 Å². The summed E-state index contributed by atoms with van der Waals surface area (Å²) in [5, 5.41) is 6.39. The quantitative estimate of drug-likeness (QED) is 0.825. The molecule has 0 saturated heterocycles. The summed E-state index contributed by atoms with van der Waals surface area (Å²) in [6.45, 7) is 2.71. The molecule has 0 unspecified atom stereocenters. The van der Waals surface area contributed by atoms with Crippen molar-refractivity contribution in [3.05, 3.63) is 34.9 Å². The van der Waals surface area contributed by atoms with Crippen LogP contribution < -0.4 is 10.6 Å². The first-order valence-corrected chi connectivity index (χ1v) is 6.44. The van der Waals surface area contributed by atoms with E-state index in [1.807, 2.05) is 12.1 Å². The maximum Gasteiger partial charge on any atom is 0.251 e. The predicted molar refractivity (Wildman–Crippen MR) is 66.9 cm³/mol. The van der Waals surface area contributed by atoms with E-state index < -0.39 is 0 Å². The first kappa shape index (κ1) is 10.8. The number of fused-ring (bicyclic) bond motifs is 1. The van der Waals surface area contributed by atoms with E-state index in [0.29, 0.717) is 0 Å². The van der Waals surface area contributed by atoms with Gasteiger partial charge in [-0.25, -0.2) is 0 Å². The minimum atomic E-state index is 0.107. The van der Waals surface area contributed by atoms with Crippen LogP contribution in [0.4, 0.5) is 0 Å². The average Bonchev–Trinajstić information content (AvgIpc) is 3.19. The highest BCUT2D eigenvalue weighted by Crippen LogP contribution is 2.27. The molecule has 90 valence electrons. The lowest BCUT2D eigenvalue weighted by atomic mass is 9.95. The zero-order valence-electron chi connectivity index (χ0n) is 9.96. The third kappa shape index (κ3) is 2.34. The number of hydrogen-bond acceptors (Lipinski definition) is 2. The van der Waals surface area contributed by atoms with E-state index in [1.54, 1.807) is 0 Å². The fourth-order valence-corrected chi connectivity index (χ4v) is 2.40. The van der Waals surface area contributed by atoms with Gasteiger partial charge in [-0.2, -0.15) is 0 Å². The van der Waals surface area contributed by atoms with Crippen LogP contribution in [0.5, 0.6) is 0 Å². The van der Waals surface area contributed by atoms with Crippen molar-refractivity contribution in [3.63, 3.8) is 0 Å². The van der Waals surface area contributed by atoms with Crippen molar-refractivity contribution in [3.8, 4) is 0 Å². The zero-order valence-corrected chi connectivity index (χ0v) is 9.96. The largest absolute Gasteiger partial charge is 0.352 e. The lowest BCUT2D eigenvalue weighted by Crippen LogP contribution is -2.30. The van der Waals surface area contributed by atoms with Gasteiger partial charge in [-0.15, -0.1) is 0 Å². The van der Waals surface area contributed by atoms with E-state index >= 15 is 0 Å². The third-order valence-electron chi connectivity index (χ3n) is 3.63. The van der Waals surface area contributed by atoms with Crippen molar-refractivity contribution in [2.75, 3.05) is 13.1 Å². The highest BCUT2D eigenvalue weighted by Gasteiger charge is 2.23. The van der Waals surface area contributed by atoms with Crippen LogP contribution in [0.2, 0.25) is 0 Å². The van der Waals surface area contributed by atoms with Crippen molar-refractivity contribution < 1.29 is 4.79 Å². The molecule has 3 nitrogen and oxygen atoms in total. The van der Waals surface area contributed by atoms with Gasteiger partial charge in [0.15, 0.2) is 0 Å². The Bertz CT molecular complexity index is 438. The van der Waals surface area contributed by atoms with E-state index in [2.05, 4.69) is 16.7 Å². The number of carbonyl (C=O) groups excluding carboxylic acids is 1. The smallest absolute Gasteiger partial charge is 0.251 e. The van der Waals surface area contributed by atoms with Gasteiger partial charge in [0.25, 0.3) is 5.91 Å². The van der Waals surface area contributed by atoms with Crippen LogP contribution in [-0.2, 0) is 13.0 Å². The molecule has 1 aromatic rings. The van der Waals surface area contributed by atoms with Gasteiger partial charge in [-0.3, -0.25) is 4.79 Å². The molecule has 1 saturated carbocycles. The van der Waals surface area contributed by atoms with E-state index in [1.165, 1.54) is 24.0 Å². The second kappa shape index (κ2) is 4.49. The van der Waals surface area contributed by atoms with Gasteiger partial charge in [0.2, 0.25) is 0 Å². The summed E-state index contributed by atoms with van der Waals surface area (Å²) in [7, 11) is 0. The fourth-order valence-electron chi connectivity index (χ4n) is 2.40. The Hall–Kier alpha value is -1.35. The van der Waals surface area contributed by atoms with Crippen LogP contribution in [0.1, 0.15) is 34.3 Å². The van der Waals surface area contributed by atoms with Crippen LogP contribution in [-0.4, -0.2) is 19.0 Å². The molecule has 1 aromatic carbocycles. The summed E-state index contributed by atoms with van der Waals surface area (Å²) >= 11 is 0. The molecule has 1 aliphatic heterocycles. The SMILES string of the molecule is O=C(NCC1CC1)c1cccc2c1CCNC2. The van der Waals surface area contributed by atoms with E-state index in [0.717, 1.165) is 37.5 Å². The molecule has 1 heterocycles. The molecule has 0 bridgehead atoms. The van der Waals surface area contributed by atoms with Gasteiger partial charge < -0.3 is 10.6 Å². The van der Waals surface area contributed by atoms with Crippen molar-refractivity contribution in [2.24, 2.45) is 5.92 Å². The first-order valence-electron chi connectivity index (χ1n) is 6.44. The second-order valence-electron chi connectivity index (χ2n) is 5.02. The fraction of sp³-hybridized carbons (Fsp3) is 0.500. The molecular weight excluding hydrogens is 212 g/mol. The molecule has 17 heavy (non-hydrogen) atoms. The maximum absolute atomic E-state index is 12.1. The Morgan fingerprint density at radius 3 is 3.12 bits per heavy atom. The van der Waals surface area contributed by atoms with Crippen LogP contribution in [0.15, 0.2) is 18.2 Å². The van der Waals surface area contributed by atoms with Crippen LogP contribution in [0.3, 0.4) is 0 Å². The standard InChI is InChI=1S/C14H18N2O/c17-14(16-8-10-4-5-10)13-3-1-2-11-9-15-7-6-12(11)13/h1-3,10,15H,4-9H2,(H,16,17). The summed E-state index contributed by atoms with van der Waals surface area (Å²) in [6.07, 6.45) is 3.51. The minimum Gasteiger partial charge on any atom is -0.352 e. The molecule has 1 amide bonds. The van der Waals surface area contributed by atoms with Crippen LogP contribution in [0.25, 0.3) is 0 Å². The van der Waals surface area contributed by atoms with Gasteiger partial charge in [0, 0.05) is 18.7 Å². The van der Waals surface area contributed by atoms with Crippen molar-refractivity contribution in [2.45, 2.75) is 25.8 Å². The highest BCUT2D eigenvalue weighted by atomic mass is 16.1.